The fraction of sp³-hybridized carbons (Fsp3) is 0.529. The third kappa shape index (κ3) is 5.59. The number of ether oxygens (including phenoxy) is 1. The molecule has 7 heteroatoms. The molecule has 0 bridgehead atoms. The number of amides is 2. The number of benzene rings is 1. The lowest BCUT2D eigenvalue weighted by Crippen LogP contribution is -2.45. The Hall–Kier alpha value is -1.96. The normalized spacial score (nSPS) is 16.5. The van der Waals surface area contributed by atoms with Crippen molar-refractivity contribution in [3.8, 4) is 0 Å². The van der Waals surface area contributed by atoms with Crippen LogP contribution in [-0.2, 0) is 4.74 Å². The minimum Gasteiger partial charge on any atom is -0.390 e. The third-order valence-electron chi connectivity index (χ3n) is 3.92. The number of nitrogens with one attached hydrogen (secondary N) is 1. The fourth-order valence-electron chi connectivity index (χ4n) is 2.57. The molecule has 2 rings (SSSR count). The molecule has 0 unspecified atom stereocenters. The van der Waals surface area contributed by atoms with E-state index in [1.54, 1.807) is 31.3 Å². The lowest BCUT2D eigenvalue weighted by Gasteiger charge is -2.30. The van der Waals surface area contributed by atoms with Crippen molar-refractivity contribution in [3.63, 3.8) is 0 Å². The molecule has 2 N–H and O–H groups in total. The van der Waals surface area contributed by atoms with Crippen molar-refractivity contribution in [2.24, 2.45) is 0 Å². The summed E-state index contributed by atoms with van der Waals surface area (Å²) in [5.74, 6) is -0.0552. The van der Waals surface area contributed by atoms with Gasteiger partial charge >= 0.3 is 6.03 Å². The molecule has 0 radical (unpaired) electrons. The molecule has 7 nitrogen and oxygen atoms in total. The van der Waals surface area contributed by atoms with Crippen LogP contribution < -0.4 is 5.32 Å². The summed E-state index contributed by atoms with van der Waals surface area (Å²) in [6, 6.07) is 6.46. The first-order valence-electron chi connectivity index (χ1n) is 8.07. The van der Waals surface area contributed by atoms with Crippen LogP contribution in [0.2, 0.25) is 0 Å². The Kier molecular flexibility index (Phi) is 6.72. The van der Waals surface area contributed by atoms with Crippen LogP contribution in [0.15, 0.2) is 24.3 Å². The van der Waals surface area contributed by atoms with E-state index in [2.05, 4.69) is 10.2 Å². The minimum atomic E-state index is -0.623. The zero-order chi connectivity index (χ0) is 17.5. The second-order valence-electron chi connectivity index (χ2n) is 6.01. The van der Waals surface area contributed by atoms with Gasteiger partial charge in [-0.05, 0) is 19.1 Å². The number of morpholine rings is 1. The van der Waals surface area contributed by atoms with Crippen molar-refractivity contribution < 1.29 is 19.4 Å². The number of aliphatic hydroxyl groups is 1. The number of hydrogen-bond acceptors (Lipinski definition) is 5. The summed E-state index contributed by atoms with van der Waals surface area (Å²) < 4.78 is 5.27. The standard InChI is InChI=1S/C17H25N3O4/c1-13(21)14-4-3-5-15(10-14)18-17(23)19(2)11-16(22)12-20-6-8-24-9-7-20/h3-5,10,16,22H,6-9,11-12H2,1-2H3,(H,18,23)/t16-/m1/s1. The first-order valence-corrected chi connectivity index (χ1v) is 8.07. The zero-order valence-electron chi connectivity index (χ0n) is 14.2. The molecule has 0 spiro atoms. The van der Waals surface area contributed by atoms with Gasteiger partial charge in [0, 0.05) is 44.5 Å². The monoisotopic (exact) mass is 335 g/mol. The molecule has 1 fully saturated rings. The number of ketones is 1. The molecule has 132 valence electrons. The second-order valence-corrected chi connectivity index (χ2v) is 6.01. The van der Waals surface area contributed by atoms with E-state index < -0.39 is 6.10 Å². The highest BCUT2D eigenvalue weighted by Crippen LogP contribution is 2.12. The van der Waals surface area contributed by atoms with E-state index in [-0.39, 0.29) is 18.4 Å². The number of carbonyl (C=O) groups excluding carboxylic acids is 2. The average molecular weight is 335 g/mol. The van der Waals surface area contributed by atoms with E-state index in [0.717, 1.165) is 13.1 Å². The minimum absolute atomic E-state index is 0.0552. The van der Waals surface area contributed by atoms with E-state index in [0.29, 0.717) is 31.0 Å². The lowest BCUT2D eigenvalue weighted by molar-refractivity contribution is 0.0109. The Morgan fingerprint density at radius 3 is 2.75 bits per heavy atom. The number of aliphatic hydroxyl groups excluding tert-OH is 1. The summed E-state index contributed by atoms with van der Waals surface area (Å²) >= 11 is 0. The number of urea groups is 1. The van der Waals surface area contributed by atoms with Gasteiger partial charge in [-0.15, -0.1) is 0 Å². The van der Waals surface area contributed by atoms with Crippen molar-refractivity contribution >= 4 is 17.5 Å². The van der Waals surface area contributed by atoms with E-state index in [4.69, 9.17) is 4.74 Å². The number of nitrogens with zero attached hydrogens (tertiary/aromatic N) is 2. The molecule has 1 saturated heterocycles. The molecule has 0 aliphatic carbocycles. The van der Waals surface area contributed by atoms with E-state index >= 15 is 0 Å². The largest absolute Gasteiger partial charge is 0.390 e. The van der Waals surface area contributed by atoms with Crippen LogP contribution in [0.5, 0.6) is 0 Å². The Morgan fingerprint density at radius 1 is 1.38 bits per heavy atom. The molecular weight excluding hydrogens is 310 g/mol. The number of anilines is 1. The molecule has 1 aromatic rings. The quantitative estimate of drug-likeness (QED) is 0.759. The molecule has 1 aliphatic heterocycles. The molecule has 0 saturated carbocycles. The van der Waals surface area contributed by atoms with Crippen LogP contribution in [0.3, 0.4) is 0 Å². The van der Waals surface area contributed by atoms with Gasteiger partial charge in [-0.25, -0.2) is 4.79 Å². The summed E-state index contributed by atoms with van der Waals surface area (Å²) in [5, 5.41) is 12.9. The van der Waals surface area contributed by atoms with Gasteiger partial charge < -0.3 is 20.1 Å². The molecule has 1 aliphatic rings. The number of Topliss-reactive ketones (excluding diaryl/α,β-unsaturated/α-hetero) is 1. The van der Waals surface area contributed by atoms with Gasteiger partial charge in [-0.2, -0.15) is 0 Å². The van der Waals surface area contributed by atoms with Crippen LogP contribution >= 0.6 is 0 Å². The van der Waals surface area contributed by atoms with Gasteiger partial charge in [0.05, 0.1) is 19.3 Å². The van der Waals surface area contributed by atoms with Crippen LogP contribution in [-0.4, -0.2) is 79.3 Å². The Labute approximate surface area is 142 Å². The first-order chi connectivity index (χ1) is 11.5. The van der Waals surface area contributed by atoms with Crippen LogP contribution in [0, 0.1) is 0 Å². The highest BCUT2D eigenvalue weighted by molar-refractivity contribution is 5.96. The molecule has 1 atom stereocenters. The SMILES string of the molecule is CC(=O)c1cccc(NC(=O)N(C)C[C@@H](O)CN2CCOCC2)c1. The smallest absolute Gasteiger partial charge is 0.321 e. The molecule has 2 amide bonds. The van der Waals surface area contributed by atoms with Crippen molar-refractivity contribution in [2.75, 3.05) is 51.8 Å². The first kappa shape index (κ1) is 18.4. The Morgan fingerprint density at radius 2 is 2.08 bits per heavy atom. The number of carbonyl (C=O) groups is 2. The van der Waals surface area contributed by atoms with Crippen molar-refractivity contribution in [1.29, 1.82) is 0 Å². The van der Waals surface area contributed by atoms with Gasteiger partial charge in [0.1, 0.15) is 0 Å². The topological polar surface area (TPSA) is 82.1 Å². The average Bonchev–Trinajstić information content (AvgIpc) is 2.55. The number of rotatable bonds is 6. The molecule has 1 aromatic carbocycles. The van der Waals surface area contributed by atoms with E-state index in [1.807, 2.05) is 0 Å². The maximum absolute atomic E-state index is 12.2. The zero-order valence-corrected chi connectivity index (χ0v) is 14.2. The highest BCUT2D eigenvalue weighted by Gasteiger charge is 2.18. The maximum atomic E-state index is 12.2. The number of β-amino-alcohol motifs (C(OH)–C–C–N with tert-alkyl or cyclic N) is 1. The van der Waals surface area contributed by atoms with Gasteiger partial charge in [0.2, 0.25) is 0 Å². The summed E-state index contributed by atoms with van der Waals surface area (Å²) in [5.41, 5.74) is 1.10. The van der Waals surface area contributed by atoms with Gasteiger partial charge in [-0.1, -0.05) is 12.1 Å². The molecule has 24 heavy (non-hydrogen) atoms. The van der Waals surface area contributed by atoms with Crippen LogP contribution in [0.1, 0.15) is 17.3 Å². The fourth-order valence-corrected chi connectivity index (χ4v) is 2.57. The summed E-state index contributed by atoms with van der Waals surface area (Å²) in [6.07, 6.45) is -0.623. The van der Waals surface area contributed by atoms with E-state index in [1.165, 1.54) is 11.8 Å². The van der Waals surface area contributed by atoms with Crippen molar-refractivity contribution in [1.82, 2.24) is 9.80 Å². The Balaban J connectivity index is 1.82. The summed E-state index contributed by atoms with van der Waals surface area (Å²) in [4.78, 5) is 27.1. The van der Waals surface area contributed by atoms with Crippen molar-refractivity contribution in [3.05, 3.63) is 29.8 Å². The highest BCUT2D eigenvalue weighted by atomic mass is 16.5. The van der Waals surface area contributed by atoms with Gasteiger partial charge in [0.25, 0.3) is 0 Å². The van der Waals surface area contributed by atoms with Gasteiger partial charge in [-0.3, -0.25) is 9.69 Å². The van der Waals surface area contributed by atoms with Gasteiger partial charge in [0.15, 0.2) is 5.78 Å². The lowest BCUT2D eigenvalue weighted by atomic mass is 10.1. The van der Waals surface area contributed by atoms with E-state index in [9.17, 15) is 14.7 Å². The third-order valence-corrected chi connectivity index (χ3v) is 3.92. The Bertz CT molecular complexity index is 573. The second kappa shape index (κ2) is 8.77. The van der Waals surface area contributed by atoms with Crippen LogP contribution in [0.4, 0.5) is 10.5 Å². The maximum Gasteiger partial charge on any atom is 0.321 e. The summed E-state index contributed by atoms with van der Waals surface area (Å²) in [6.45, 7) is 5.17. The van der Waals surface area contributed by atoms with Crippen molar-refractivity contribution in [2.45, 2.75) is 13.0 Å². The molecule has 1 heterocycles. The number of hydrogen-bond donors (Lipinski definition) is 2. The van der Waals surface area contributed by atoms with Crippen LogP contribution in [0.25, 0.3) is 0 Å². The number of likely N-dealkylation sites (N-methyl/N-ethyl adjacent to an activating group) is 1. The predicted octanol–water partition coefficient (Wildman–Crippen LogP) is 1.05. The summed E-state index contributed by atoms with van der Waals surface area (Å²) in [7, 11) is 1.63. The molecule has 0 aromatic heterocycles. The predicted molar refractivity (Wildman–Crippen MR) is 91.4 cm³/mol. The molecular formula is C17H25N3O4.